The lowest BCUT2D eigenvalue weighted by atomic mass is 10.1. The van der Waals surface area contributed by atoms with Gasteiger partial charge in [-0.1, -0.05) is 17.7 Å². The van der Waals surface area contributed by atoms with Crippen LogP contribution < -0.4 is 5.32 Å². The number of carbonyl (C=O) groups is 2. The molecule has 1 amide bonds. The molecule has 134 valence electrons. The SMILES string of the molecule is Cc1cc(C)c(NC(=O)COC(=O)c2nc3nccc(C)n3n2)c(C)c1. The maximum Gasteiger partial charge on any atom is 0.378 e. The van der Waals surface area contributed by atoms with E-state index >= 15 is 0 Å². The van der Waals surface area contributed by atoms with Crippen molar-refractivity contribution in [2.75, 3.05) is 11.9 Å². The van der Waals surface area contributed by atoms with Gasteiger partial charge in [-0.15, -0.1) is 5.10 Å². The Bertz CT molecular complexity index is 986. The van der Waals surface area contributed by atoms with E-state index in [0.717, 1.165) is 28.1 Å². The molecule has 0 fully saturated rings. The van der Waals surface area contributed by atoms with Crippen molar-refractivity contribution in [1.29, 1.82) is 0 Å². The predicted octanol–water partition coefficient (Wildman–Crippen LogP) is 2.15. The number of aromatic nitrogens is 4. The quantitative estimate of drug-likeness (QED) is 0.722. The lowest BCUT2D eigenvalue weighted by Gasteiger charge is -2.12. The molecular formula is C18H19N5O3. The average Bonchev–Trinajstić information content (AvgIpc) is 3.01. The van der Waals surface area contributed by atoms with Crippen LogP contribution in [0.25, 0.3) is 5.78 Å². The summed E-state index contributed by atoms with van der Waals surface area (Å²) in [6.45, 7) is 7.21. The molecule has 0 aliphatic heterocycles. The third-order valence-electron chi connectivity index (χ3n) is 3.89. The summed E-state index contributed by atoms with van der Waals surface area (Å²) in [6, 6.07) is 5.70. The van der Waals surface area contributed by atoms with Gasteiger partial charge in [0.1, 0.15) is 0 Å². The molecule has 0 aliphatic rings. The van der Waals surface area contributed by atoms with Crippen LogP contribution in [0.2, 0.25) is 0 Å². The number of anilines is 1. The van der Waals surface area contributed by atoms with Crippen molar-refractivity contribution in [1.82, 2.24) is 19.6 Å². The van der Waals surface area contributed by atoms with Crippen LogP contribution in [0.15, 0.2) is 24.4 Å². The molecule has 0 bridgehead atoms. The van der Waals surface area contributed by atoms with Crippen molar-refractivity contribution < 1.29 is 14.3 Å². The minimum Gasteiger partial charge on any atom is -0.450 e. The molecular weight excluding hydrogens is 334 g/mol. The number of hydrogen-bond acceptors (Lipinski definition) is 6. The Morgan fingerprint density at radius 3 is 2.50 bits per heavy atom. The summed E-state index contributed by atoms with van der Waals surface area (Å²) in [5.74, 6) is -1.04. The number of benzene rings is 1. The smallest absolute Gasteiger partial charge is 0.378 e. The second kappa shape index (κ2) is 6.91. The highest BCUT2D eigenvalue weighted by molar-refractivity contribution is 5.95. The van der Waals surface area contributed by atoms with Crippen molar-refractivity contribution in [2.45, 2.75) is 27.7 Å². The largest absolute Gasteiger partial charge is 0.450 e. The second-order valence-electron chi connectivity index (χ2n) is 6.13. The third-order valence-corrected chi connectivity index (χ3v) is 3.89. The van der Waals surface area contributed by atoms with E-state index < -0.39 is 18.5 Å². The van der Waals surface area contributed by atoms with Crippen LogP contribution in [0.3, 0.4) is 0 Å². The van der Waals surface area contributed by atoms with Crippen LogP contribution in [0.5, 0.6) is 0 Å². The Balaban J connectivity index is 1.65. The topological polar surface area (TPSA) is 98.5 Å². The maximum absolute atomic E-state index is 12.1. The van der Waals surface area contributed by atoms with Gasteiger partial charge in [0, 0.05) is 17.6 Å². The zero-order valence-electron chi connectivity index (χ0n) is 15.0. The molecule has 3 aromatic rings. The second-order valence-corrected chi connectivity index (χ2v) is 6.13. The normalized spacial score (nSPS) is 10.8. The summed E-state index contributed by atoms with van der Waals surface area (Å²) in [6.07, 6.45) is 1.58. The molecule has 8 heteroatoms. The molecule has 26 heavy (non-hydrogen) atoms. The first-order valence-electron chi connectivity index (χ1n) is 8.08. The van der Waals surface area contributed by atoms with Crippen LogP contribution in [0.4, 0.5) is 5.69 Å². The third kappa shape index (κ3) is 3.53. The Labute approximate surface area is 150 Å². The van der Waals surface area contributed by atoms with Gasteiger partial charge in [-0.3, -0.25) is 4.79 Å². The molecule has 0 aliphatic carbocycles. The first-order valence-corrected chi connectivity index (χ1v) is 8.08. The lowest BCUT2D eigenvalue weighted by molar-refractivity contribution is -0.119. The molecule has 0 saturated heterocycles. The highest BCUT2D eigenvalue weighted by Gasteiger charge is 2.18. The zero-order valence-corrected chi connectivity index (χ0v) is 15.0. The number of nitrogens with zero attached hydrogens (tertiary/aromatic N) is 4. The number of aryl methyl sites for hydroxylation is 4. The first kappa shape index (κ1) is 17.5. The molecule has 0 saturated carbocycles. The Morgan fingerprint density at radius 1 is 1.15 bits per heavy atom. The summed E-state index contributed by atoms with van der Waals surface area (Å²) in [7, 11) is 0. The molecule has 8 nitrogen and oxygen atoms in total. The fourth-order valence-corrected chi connectivity index (χ4v) is 2.74. The first-order chi connectivity index (χ1) is 12.3. The van der Waals surface area contributed by atoms with Gasteiger partial charge in [0.05, 0.1) is 0 Å². The van der Waals surface area contributed by atoms with E-state index in [1.807, 2.05) is 39.8 Å². The molecule has 1 aromatic carbocycles. The van der Waals surface area contributed by atoms with Gasteiger partial charge in [0.25, 0.3) is 17.5 Å². The highest BCUT2D eigenvalue weighted by Crippen LogP contribution is 2.21. The van der Waals surface area contributed by atoms with Crippen LogP contribution in [-0.2, 0) is 9.53 Å². The van der Waals surface area contributed by atoms with Crippen molar-refractivity contribution in [2.24, 2.45) is 0 Å². The molecule has 0 unspecified atom stereocenters. The van der Waals surface area contributed by atoms with Crippen LogP contribution >= 0.6 is 0 Å². The number of hydrogen-bond donors (Lipinski definition) is 1. The lowest BCUT2D eigenvalue weighted by Crippen LogP contribution is -2.22. The Morgan fingerprint density at radius 2 is 1.85 bits per heavy atom. The fraction of sp³-hybridized carbons (Fsp3) is 0.278. The van der Waals surface area contributed by atoms with Gasteiger partial charge >= 0.3 is 5.97 Å². The van der Waals surface area contributed by atoms with E-state index in [9.17, 15) is 9.59 Å². The van der Waals surface area contributed by atoms with Crippen molar-refractivity contribution in [3.05, 3.63) is 52.6 Å². The van der Waals surface area contributed by atoms with Crippen molar-refractivity contribution in [3.8, 4) is 0 Å². The van der Waals surface area contributed by atoms with E-state index in [1.165, 1.54) is 4.52 Å². The number of esters is 1. The van der Waals surface area contributed by atoms with Crippen molar-refractivity contribution >= 4 is 23.3 Å². The van der Waals surface area contributed by atoms with Crippen LogP contribution in [0, 0.1) is 27.7 Å². The highest BCUT2D eigenvalue weighted by atomic mass is 16.5. The number of fused-ring (bicyclic) bond motifs is 1. The predicted molar refractivity (Wildman–Crippen MR) is 95.1 cm³/mol. The van der Waals surface area contributed by atoms with E-state index in [1.54, 1.807) is 12.3 Å². The zero-order chi connectivity index (χ0) is 18.8. The molecule has 0 spiro atoms. The summed E-state index contributed by atoms with van der Waals surface area (Å²) < 4.78 is 6.46. The number of carbonyl (C=O) groups excluding carboxylic acids is 2. The maximum atomic E-state index is 12.1. The summed E-state index contributed by atoms with van der Waals surface area (Å²) in [4.78, 5) is 32.2. The number of nitrogens with one attached hydrogen (secondary N) is 1. The standard InChI is InChI=1S/C18H19N5O3/c1-10-7-11(2)15(12(3)8-10)20-14(24)9-26-17(25)16-21-18-19-6-5-13(4)23(18)22-16/h5-8H,9H2,1-4H3,(H,20,24). The molecule has 3 rings (SSSR count). The van der Waals surface area contributed by atoms with Gasteiger partial charge in [0.15, 0.2) is 6.61 Å². The molecule has 0 radical (unpaired) electrons. The van der Waals surface area contributed by atoms with E-state index in [2.05, 4.69) is 20.4 Å². The minimum atomic E-state index is -0.776. The van der Waals surface area contributed by atoms with E-state index in [-0.39, 0.29) is 5.82 Å². The van der Waals surface area contributed by atoms with Gasteiger partial charge in [0.2, 0.25) is 0 Å². The number of ether oxygens (including phenoxy) is 1. The van der Waals surface area contributed by atoms with E-state index in [0.29, 0.717) is 5.78 Å². The van der Waals surface area contributed by atoms with E-state index in [4.69, 9.17) is 4.74 Å². The number of rotatable bonds is 4. The Hall–Kier alpha value is -3.29. The summed E-state index contributed by atoms with van der Waals surface area (Å²) in [5, 5.41) is 6.82. The van der Waals surface area contributed by atoms with Gasteiger partial charge in [-0.05, 0) is 44.9 Å². The van der Waals surface area contributed by atoms with Gasteiger partial charge in [-0.25, -0.2) is 14.3 Å². The molecule has 2 aromatic heterocycles. The van der Waals surface area contributed by atoms with Crippen molar-refractivity contribution in [3.63, 3.8) is 0 Å². The average molecular weight is 353 g/mol. The molecule has 0 atom stereocenters. The summed E-state index contributed by atoms with van der Waals surface area (Å²) in [5.41, 5.74) is 4.52. The summed E-state index contributed by atoms with van der Waals surface area (Å²) >= 11 is 0. The molecule has 2 heterocycles. The fourth-order valence-electron chi connectivity index (χ4n) is 2.74. The number of amides is 1. The molecule has 1 N–H and O–H groups in total. The van der Waals surface area contributed by atoms with Gasteiger partial charge < -0.3 is 10.1 Å². The van der Waals surface area contributed by atoms with Gasteiger partial charge in [-0.2, -0.15) is 4.98 Å². The van der Waals surface area contributed by atoms with Crippen LogP contribution in [0.1, 0.15) is 33.0 Å². The minimum absolute atomic E-state index is 0.137. The van der Waals surface area contributed by atoms with Crippen LogP contribution in [-0.4, -0.2) is 38.1 Å². The monoisotopic (exact) mass is 353 g/mol. The Kier molecular flexibility index (Phi) is 4.66.